The molecule has 0 radical (unpaired) electrons. The van der Waals surface area contributed by atoms with Crippen molar-refractivity contribution in [2.75, 3.05) is 0 Å². The fourth-order valence-corrected chi connectivity index (χ4v) is 1.56. The van der Waals surface area contributed by atoms with Crippen LogP contribution >= 0.6 is 0 Å². The van der Waals surface area contributed by atoms with E-state index in [4.69, 9.17) is 0 Å². The largest absolute Gasteiger partial charge is 0.303 e. The molecular formula is C12H18O. The van der Waals surface area contributed by atoms with Gasteiger partial charge in [0.1, 0.15) is 6.29 Å². The van der Waals surface area contributed by atoms with Gasteiger partial charge in [-0.15, -0.1) is 0 Å². The van der Waals surface area contributed by atoms with Crippen LogP contribution in [0.15, 0.2) is 24.3 Å². The van der Waals surface area contributed by atoms with E-state index >= 15 is 0 Å². The Balaban J connectivity index is 2.40. The summed E-state index contributed by atoms with van der Waals surface area (Å²) in [6.07, 6.45) is 16.4. The zero-order chi connectivity index (χ0) is 9.36. The van der Waals surface area contributed by atoms with Gasteiger partial charge in [-0.05, 0) is 38.5 Å². The topological polar surface area (TPSA) is 17.1 Å². The second-order valence-corrected chi connectivity index (χ2v) is 3.58. The minimum atomic E-state index is 0.253. The molecule has 0 fully saturated rings. The Kier molecular flexibility index (Phi) is 5.23. The molecule has 1 atom stereocenters. The fourth-order valence-electron chi connectivity index (χ4n) is 1.56. The molecule has 0 heterocycles. The van der Waals surface area contributed by atoms with E-state index in [1.54, 1.807) is 0 Å². The number of rotatable bonds is 1. The monoisotopic (exact) mass is 178 g/mol. The van der Waals surface area contributed by atoms with E-state index in [0.717, 1.165) is 44.8 Å². The Morgan fingerprint density at radius 3 is 2.46 bits per heavy atom. The van der Waals surface area contributed by atoms with Crippen molar-refractivity contribution in [3.8, 4) is 0 Å². The van der Waals surface area contributed by atoms with Crippen LogP contribution in [0.1, 0.15) is 38.5 Å². The smallest absolute Gasteiger partial charge is 0.123 e. The van der Waals surface area contributed by atoms with Gasteiger partial charge in [0.15, 0.2) is 0 Å². The van der Waals surface area contributed by atoms with Crippen LogP contribution in [0.2, 0.25) is 0 Å². The van der Waals surface area contributed by atoms with Gasteiger partial charge in [0, 0.05) is 5.92 Å². The van der Waals surface area contributed by atoms with Gasteiger partial charge in [-0.25, -0.2) is 0 Å². The molecule has 0 bridgehead atoms. The zero-order valence-corrected chi connectivity index (χ0v) is 8.11. The SMILES string of the molecule is O=CC1CC=CCCC=CCCC1. The summed E-state index contributed by atoms with van der Waals surface area (Å²) in [5.41, 5.74) is 0. The molecule has 13 heavy (non-hydrogen) atoms. The van der Waals surface area contributed by atoms with Crippen LogP contribution in [0.5, 0.6) is 0 Å². The summed E-state index contributed by atoms with van der Waals surface area (Å²) in [6, 6.07) is 0. The summed E-state index contributed by atoms with van der Waals surface area (Å²) in [4.78, 5) is 10.7. The van der Waals surface area contributed by atoms with E-state index in [2.05, 4.69) is 24.3 Å². The molecular weight excluding hydrogens is 160 g/mol. The average Bonchev–Trinajstić information content (AvgIpc) is 2.22. The highest BCUT2D eigenvalue weighted by Crippen LogP contribution is 2.13. The molecule has 1 unspecified atom stereocenters. The molecule has 1 nitrogen and oxygen atoms in total. The highest BCUT2D eigenvalue weighted by molar-refractivity contribution is 5.53. The maximum atomic E-state index is 10.7. The first-order valence-electron chi connectivity index (χ1n) is 5.19. The quantitative estimate of drug-likeness (QED) is 0.445. The summed E-state index contributed by atoms with van der Waals surface area (Å²) in [5, 5.41) is 0. The van der Waals surface area contributed by atoms with Gasteiger partial charge in [-0.3, -0.25) is 0 Å². The fraction of sp³-hybridized carbons (Fsp3) is 0.583. The normalized spacial score (nSPS) is 25.1. The van der Waals surface area contributed by atoms with Crippen molar-refractivity contribution >= 4 is 6.29 Å². The summed E-state index contributed by atoms with van der Waals surface area (Å²) in [7, 11) is 0. The molecule has 0 saturated heterocycles. The molecule has 0 saturated carbocycles. The van der Waals surface area contributed by atoms with Gasteiger partial charge >= 0.3 is 0 Å². The van der Waals surface area contributed by atoms with Crippen LogP contribution in [0, 0.1) is 5.92 Å². The number of aldehydes is 1. The van der Waals surface area contributed by atoms with Crippen molar-refractivity contribution in [3.63, 3.8) is 0 Å². The van der Waals surface area contributed by atoms with Crippen molar-refractivity contribution < 1.29 is 4.79 Å². The minimum absolute atomic E-state index is 0.253. The first-order valence-corrected chi connectivity index (χ1v) is 5.19. The standard InChI is InChI=1S/C12H18O/c13-11-12-9-7-5-3-1-2-4-6-8-10-12/h1,3,6,8,11-12H,2,4-5,7,9-10H2. The van der Waals surface area contributed by atoms with E-state index in [-0.39, 0.29) is 5.92 Å². The molecule has 0 aliphatic heterocycles. The maximum Gasteiger partial charge on any atom is 0.123 e. The average molecular weight is 178 g/mol. The van der Waals surface area contributed by atoms with Gasteiger partial charge in [0.2, 0.25) is 0 Å². The zero-order valence-electron chi connectivity index (χ0n) is 8.11. The molecule has 0 spiro atoms. The number of allylic oxidation sites excluding steroid dienone is 4. The van der Waals surface area contributed by atoms with Crippen molar-refractivity contribution in [1.29, 1.82) is 0 Å². The third-order valence-electron chi connectivity index (χ3n) is 2.41. The highest BCUT2D eigenvalue weighted by Gasteiger charge is 2.03. The molecule has 0 aromatic rings. The molecule has 0 N–H and O–H groups in total. The third-order valence-corrected chi connectivity index (χ3v) is 2.41. The van der Waals surface area contributed by atoms with Crippen LogP contribution in [0.3, 0.4) is 0 Å². The lowest BCUT2D eigenvalue weighted by Gasteiger charge is -2.04. The molecule has 1 aliphatic carbocycles. The van der Waals surface area contributed by atoms with Crippen molar-refractivity contribution in [3.05, 3.63) is 24.3 Å². The predicted octanol–water partition coefficient (Wildman–Crippen LogP) is 3.27. The molecule has 0 aromatic heterocycles. The van der Waals surface area contributed by atoms with Crippen LogP contribution < -0.4 is 0 Å². The minimum Gasteiger partial charge on any atom is -0.303 e. The summed E-state index contributed by atoms with van der Waals surface area (Å²) in [6.45, 7) is 0. The predicted molar refractivity (Wildman–Crippen MR) is 55.5 cm³/mol. The third kappa shape index (κ3) is 4.66. The maximum absolute atomic E-state index is 10.7. The Bertz CT molecular complexity index is 191. The van der Waals surface area contributed by atoms with E-state index in [0.29, 0.717) is 0 Å². The van der Waals surface area contributed by atoms with Gasteiger partial charge < -0.3 is 4.79 Å². The van der Waals surface area contributed by atoms with E-state index in [9.17, 15) is 4.79 Å². The van der Waals surface area contributed by atoms with Crippen LogP contribution in [0.4, 0.5) is 0 Å². The van der Waals surface area contributed by atoms with Crippen LogP contribution in [-0.4, -0.2) is 6.29 Å². The first kappa shape index (κ1) is 10.2. The van der Waals surface area contributed by atoms with Gasteiger partial charge in [-0.1, -0.05) is 24.3 Å². The van der Waals surface area contributed by atoms with Crippen molar-refractivity contribution in [1.82, 2.24) is 0 Å². The molecule has 1 aliphatic rings. The van der Waals surface area contributed by atoms with Gasteiger partial charge in [0.25, 0.3) is 0 Å². The van der Waals surface area contributed by atoms with Crippen molar-refractivity contribution in [2.45, 2.75) is 38.5 Å². The van der Waals surface area contributed by atoms with E-state index in [1.165, 1.54) is 0 Å². The summed E-state index contributed by atoms with van der Waals surface area (Å²) >= 11 is 0. The Morgan fingerprint density at radius 2 is 1.69 bits per heavy atom. The molecule has 0 amide bonds. The number of carbonyl (C=O) groups excluding carboxylic acids is 1. The number of carbonyl (C=O) groups is 1. The van der Waals surface area contributed by atoms with E-state index in [1.807, 2.05) is 0 Å². The lowest BCUT2D eigenvalue weighted by Crippen LogP contribution is -1.99. The Labute approximate surface area is 80.5 Å². The Morgan fingerprint density at radius 1 is 1.00 bits per heavy atom. The summed E-state index contributed by atoms with van der Waals surface area (Å²) in [5.74, 6) is 0.253. The molecule has 1 heteroatoms. The summed E-state index contributed by atoms with van der Waals surface area (Å²) < 4.78 is 0. The molecule has 1 rings (SSSR count). The van der Waals surface area contributed by atoms with Gasteiger partial charge in [0.05, 0.1) is 0 Å². The first-order chi connectivity index (χ1) is 6.43. The van der Waals surface area contributed by atoms with Crippen LogP contribution in [-0.2, 0) is 4.79 Å². The van der Waals surface area contributed by atoms with Crippen molar-refractivity contribution in [2.24, 2.45) is 5.92 Å². The molecule has 0 aromatic carbocycles. The van der Waals surface area contributed by atoms with Crippen LogP contribution in [0.25, 0.3) is 0 Å². The number of hydrogen-bond donors (Lipinski definition) is 0. The number of hydrogen-bond acceptors (Lipinski definition) is 1. The highest BCUT2D eigenvalue weighted by atomic mass is 16.1. The lowest BCUT2D eigenvalue weighted by molar-refractivity contribution is -0.111. The second-order valence-electron chi connectivity index (χ2n) is 3.58. The Hall–Kier alpha value is -0.850. The molecule has 72 valence electrons. The van der Waals surface area contributed by atoms with Gasteiger partial charge in [-0.2, -0.15) is 0 Å². The van der Waals surface area contributed by atoms with E-state index < -0.39 is 0 Å². The second kappa shape index (κ2) is 6.64. The lowest BCUT2D eigenvalue weighted by atomic mass is 10.00.